The van der Waals surface area contributed by atoms with Gasteiger partial charge in [-0.2, -0.15) is 0 Å². The lowest BCUT2D eigenvalue weighted by Gasteiger charge is -2.08. The van der Waals surface area contributed by atoms with E-state index in [0.29, 0.717) is 22.6 Å². The molecule has 7 nitrogen and oxygen atoms in total. The first-order valence-electron chi connectivity index (χ1n) is 8.66. The van der Waals surface area contributed by atoms with Gasteiger partial charge in [0.15, 0.2) is 0 Å². The maximum Gasteiger partial charge on any atom is 0.343 e. The molecule has 0 radical (unpaired) electrons. The Bertz CT molecular complexity index is 1030. The Balaban J connectivity index is 1.94. The molecular weight excluding hydrogens is 376 g/mol. The van der Waals surface area contributed by atoms with E-state index in [-0.39, 0.29) is 17.1 Å². The Morgan fingerprint density at radius 1 is 0.931 bits per heavy atom. The molecule has 2 aromatic carbocycles. The summed E-state index contributed by atoms with van der Waals surface area (Å²) < 4.78 is 20.7. The fourth-order valence-corrected chi connectivity index (χ4v) is 2.66. The largest absolute Gasteiger partial charge is 0.497 e. The molecule has 0 saturated heterocycles. The van der Waals surface area contributed by atoms with Crippen LogP contribution in [0, 0.1) is 0 Å². The minimum Gasteiger partial charge on any atom is -0.497 e. The molecule has 2 aromatic rings. The molecule has 148 valence electrons. The van der Waals surface area contributed by atoms with Gasteiger partial charge in [0.2, 0.25) is 0 Å². The summed E-state index contributed by atoms with van der Waals surface area (Å²) >= 11 is 0. The van der Waals surface area contributed by atoms with Crippen LogP contribution < -0.4 is 14.2 Å². The van der Waals surface area contributed by atoms with E-state index in [1.807, 2.05) is 0 Å². The highest BCUT2D eigenvalue weighted by molar-refractivity contribution is 6.05. The Kier molecular flexibility index (Phi) is 5.78. The van der Waals surface area contributed by atoms with Gasteiger partial charge in [-0.15, -0.1) is 0 Å². The Hall–Kier alpha value is -3.87. The molecule has 0 unspecified atom stereocenters. The molecule has 0 atom stereocenters. The van der Waals surface area contributed by atoms with Crippen LogP contribution >= 0.6 is 0 Å². The number of ether oxygens (including phenoxy) is 4. The van der Waals surface area contributed by atoms with Crippen LogP contribution in [0.2, 0.25) is 0 Å². The summed E-state index contributed by atoms with van der Waals surface area (Å²) in [7, 11) is 1.57. The Morgan fingerprint density at radius 2 is 1.59 bits per heavy atom. The molecule has 0 saturated carbocycles. The fraction of sp³-hybridized carbons (Fsp3) is 0.136. The third kappa shape index (κ3) is 4.90. The Morgan fingerprint density at radius 3 is 2.21 bits per heavy atom. The van der Waals surface area contributed by atoms with Crippen molar-refractivity contribution >= 4 is 29.7 Å². The van der Waals surface area contributed by atoms with E-state index in [2.05, 4.69) is 0 Å². The van der Waals surface area contributed by atoms with E-state index in [9.17, 15) is 14.4 Å². The van der Waals surface area contributed by atoms with Gasteiger partial charge in [-0.25, -0.2) is 4.79 Å². The number of rotatable bonds is 5. The molecule has 29 heavy (non-hydrogen) atoms. The van der Waals surface area contributed by atoms with Crippen molar-refractivity contribution < 1.29 is 33.3 Å². The normalized spacial score (nSPS) is 14.2. The van der Waals surface area contributed by atoms with Crippen molar-refractivity contribution in [2.75, 3.05) is 7.11 Å². The summed E-state index contributed by atoms with van der Waals surface area (Å²) in [5.41, 5.74) is 1.45. The molecule has 0 aromatic heterocycles. The van der Waals surface area contributed by atoms with Gasteiger partial charge >= 0.3 is 17.9 Å². The lowest BCUT2D eigenvalue weighted by molar-refractivity contribution is -0.132. The van der Waals surface area contributed by atoms with Crippen LogP contribution in [-0.2, 0) is 19.1 Å². The average molecular weight is 394 g/mol. The second-order valence-corrected chi connectivity index (χ2v) is 6.11. The smallest absolute Gasteiger partial charge is 0.343 e. The zero-order valence-electron chi connectivity index (χ0n) is 16.1. The molecule has 1 heterocycles. The van der Waals surface area contributed by atoms with E-state index < -0.39 is 17.9 Å². The van der Waals surface area contributed by atoms with Crippen LogP contribution in [0.15, 0.2) is 54.1 Å². The number of benzene rings is 2. The Labute approximate surface area is 167 Å². The van der Waals surface area contributed by atoms with Gasteiger partial charge in [0.25, 0.3) is 0 Å². The van der Waals surface area contributed by atoms with Gasteiger partial charge < -0.3 is 18.9 Å². The summed E-state index contributed by atoms with van der Waals surface area (Å²) in [6.07, 6.45) is 3.14. The molecular formula is C22H18O7. The van der Waals surface area contributed by atoms with Crippen molar-refractivity contribution in [1.29, 1.82) is 0 Å². The summed E-state index contributed by atoms with van der Waals surface area (Å²) in [6.45, 7) is 2.52. The predicted molar refractivity (Wildman–Crippen MR) is 104 cm³/mol. The van der Waals surface area contributed by atoms with Crippen LogP contribution in [0.1, 0.15) is 25.0 Å². The lowest BCUT2D eigenvalue weighted by Crippen LogP contribution is -2.05. The topological polar surface area (TPSA) is 88.1 Å². The quantitative estimate of drug-likeness (QED) is 0.435. The molecule has 0 spiro atoms. The molecule has 1 aliphatic heterocycles. The molecule has 0 amide bonds. The van der Waals surface area contributed by atoms with Gasteiger partial charge in [-0.3, -0.25) is 9.59 Å². The highest BCUT2D eigenvalue weighted by Gasteiger charge is 2.23. The molecule has 1 aliphatic rings. The number of esters is 3. The number of hydrogen-bond donors (Lipinski definition) is 0. The number of cyclic esters (lactones) is 1. The molecule has 7 heteroatoms. The average Bonchev–Trinajstić information content (AvgIpc) is 3.03. The van der Waals surface area contributed by atoms with Crippen LogP contribution in [0.3, 0.4) is 0 Å². The van der Waals surface area contributed by atoms with Gasteiger partial charge in [0.05, 0.1) is 12.7 Å². The predicted octanol–water partition coefficient (Wildman–Crippen LogP) is 3.53. The first-order chi connectivity index (χ1) is 13.9. The van der Waals surface area contributed by atoms with E-state index in [1.165, 1.54) is 32.1 Å². The zero-order chi connectivity index (χ0) is 21.0. The monoisotopic (exact) mass is 394 g/mol. The molecule has 0 bridgehead atoms. The summed E-state index contributed by atoms with van der Waals surface area (Å²) in [4.78, 5) is 34.9. The van der Waals surface area contributed by atoms with Crippen molar-refractivity contribution in [3.8, 4) is 17.2 Å². The van der Waals surface area contributed by atoms with E-state index in [1.54, 1.807) is 43.5 Å². The third-order valence-corrected chi connectivity index (χ3v) is 3.91. The van der Waals surface area contributed by atoms with Crippen molar-refractivity contribution in [2.24, 2.45) is 0 Å². The first kappa shape index (κ1) is 19.9. The van der Waals surface area contributed by atoms with Crippen LogP contribution in [0.5, 0.6) is 17.2 Å². The minimum absolute atomic E-state index is 0.155. The summed E-state index contributed by atoms with van der Waals surface area (Å²) in [6, 6.07) is 11.6. The van der Waals surface area contributed by atoms with Gasteiger partial charge in [-0.05, 0) is 48.6 Å². The summed E-state index contributed by atoms with van der Waals surface area (Å²) in [5.74, 6) is -0.122. The van der Waals surface area contributed by atoms with Crippen LogP contribution in [0.4, 0.5) is 0 Å². The molecule has 0 fully saturated rings. The van der Waals surface area contributed by atoms with Crippen molar-refractivity contribution in [2.45, 2.75) is 13.8 Å². The standard InChI is InChI=1S/C22H18O7/c1-13(23)27-19-9-6-16(21(12-19)28-14(2)24)10-17-11-20(29-22(17)25)15-4-7-18(26-3)8-5-15/h4-12H,1-3H3/b17-10-. The second kappa shape index (κ2) is 8.43. The second-order valence-electron chi connectivity index (χ2n) is 6.11. The van der Waals surface area contributed by atoms with E-state index in [0.717, 1.165) is 0 Å². The maximum atomic E-state index is 12.3. The lowest BCUT2D eigenvalue weighted by atomic mass is 10.1. The molecule has 0 aliphatic carbocycles. The van der Waals surface area contributed by atoms with Crippen molar-refractivity contribution in [3.05, 3.63) is 65.2 Å². The zero-order valence-corrected chi connectivity index (χ0v) is 16.1. The first-order valence-corrected chi connectivity index (χ1v) is 8.66. The van der Waals surface area contributed by atoms with Crippen LogP contribution in [-0.4, -0.2) is 25.0 Å². The minimum atomic E-state index is -0.548. The number of methoxy groups -OCH3 is 1. The highest BCUT2D eigenvalue weighted by atomic mass is 16.5. The highest BCUT2D eigenvalue weighted by Crippen LogP contribution is 2.32. The SMILES string of the molecule is COc1ccc(C2=C/C(=C/c3ccc(OC(C)=O)cc3OC(C)=O)C(=O)O2)cc1. The van der Waals surface area contributed by atoms with Gasteiger partial charge in [0.1, 0.15) is 23.0 Å². The van der Waals surface area contributed by atoms with Crippen molar-refractivity contribution in [1.82, 2.24) is 0 Å². The number of carbonyl (C=O) groups excluding carboxylic acids is 3. The van der Waals surface area contributed by atoms with Gasteiger partial charge in [-0.1, -0.05) is 0 Å². The van der Waals surface area contributed by atoms with E-state index >= 15 is 0 Å². The number of hydrogen-bond acceptors (Lipinski definition) is 7. The molecule has 3 rings (SSSR count). The van der Waals surface area contributed by atoms with Crippen LogP contribution in [0.25, 0.3) is 11.8 Å². The third-order valence-electron chi connectivity index (χ3n) is 3.91. The van der Waals surface area contributed by atoms with E-state index in [4.69, 9.17) is 18.9 Å². The number of carbonyl (C=O) groups is 3. The summed E-state index contributed by atoms with van der Waals surface area (Å²) in [5, 5.41) is 0. The molecule has 0 N–H and O–H groups in total. The maximum absolute atomic E-state index is 12.3. The fourth-order valence-electron chi connectivity index (χ4n) is 2.66. The van der Waals surface area contributed by atoms with Gasteiger partial charge in [0, 0.05) is 31.0 Å². The van der Waals surface area contributed by atoms with Crippen molar-refractivity contribution in [3.63, 3.8) is 0 Å².